The van der Waals surface area contributed by atoms with Crippen LogP contribution in [-0.4, -0.2) is 10.2 Å². The normalized spacial score (nSPS) is 16.0. The molecule has 0 heterocycles. The topological polar surface area (TPSA) is 40.5 Å². The van der Waals surface area contributed by atoms with Crippen molar-refractivity contribution < 1.29 is 10.2 Å². The highest BCUT2D eigenvalue weighted by molar-refractivity contribution is 5.48. The van der Waals surface area contributed by atoms with Crippen molar-refractivity contribution in [1.29, 1.82) is 0 Å². The van der Waals surface area contributed by atoms with Gasteiger partial charge in [-0.25, -0.2) is 0 Å². The number of hydrogen-bond donors (Lipinski definition) is 2. The van der Waals surface area contributed by atoms with E-state index in [0.717, 1.165) is 36.8 Å². The van der Waals surface area contributed by atoms with Crippen molar-refractivity contribution in [3.05, 3.63) is 23.3 Å². The van der Waals surface area contributed by atoms with Crippen LogP contribution in [0.4, 0.5) is 0 Å². The number of phenols is 2. The molecule has 1 aliphatic rings. The lowest BCUT2D eigenvalue weighted by Crippen LogP contribution is -2.03. The Hall–Kier alpha value is -1.18. The number of unbranched alkanes of at least 4 members (excludes halogenated alkanes) is 4. The summed E-state index contributed by atoms with van der Waals surface area (Å²) in [6.07, 6.45) is 14.1. The van der Waals surface area contributed by atoms with Crippen LogP contribution in [0, 0.1) is 10.8 Å². The zero-order valence-corrected chi connectivity index (χ0v) is 17.5. The standard InChI is InChI=1S/C24H40O2/c1-23(2,3)15-9-6-5-7-11-19-13-14-21(25)20(22(19)26)12-8-10-16-24(4)17-18-24/h13-14,25-26H,5-12,15-18H2,1-4H3. The van der Waals surface area contributed by atoms with E-state index in [1.54, 1.807) is 6.07 Å². The lowest BCUT2D eigenvalue weighted by atomic mass is 9.89. The molecule has 1 saturated carbocycles. The Morgan fingerprint density at radius 2 is 1.54 bits per heavy atom. The van der Waals surface area contributed by atoms with Crippen molar-refractivity contribution in [2.24, 2.45) is 10.8 Å². The fourth-order valence-electron chi connectivity index (χ4n) is 3.76. The minimum absolute atomic E-state index is 0.258. The van der Waals surface area contributed by atoms with E-state index in [1.165, 1.54) is 51.4 Å². The van der Waals surface area contributed by atoms with E-state index in [2.05, 4.69) is 27.7 Å². The molecule has 148 valence electrons. The lowest BCUT2D eigenvalue weighted by molar-refractivity contribution is 0.357. The summed E-state index contributed by atoms with van der Waals surface area (Å²) < 4.78 is 0. The minimum Gasteiger partial charge on any atom is -0.508 e. The van der Waals surface area contributed by atoms with Gasteiger partial charge in [0.15, 0.2) is 0 Å². The molecule has 1 fully saturated rings. The number of aryl methyl sites for hydroxylation is 1. The molecule has 1 aliphatic carbocycles. The van der Waals surface area contributed by atoms with Gasteiger partial charge in [-0.15, -0.1) is 0 Å². The van der Waals surface area contributed by atoms with E-state index in [-0.39, 0.29) is 5.75 Å². The highest BCUT2D eigenvalue weighted by Crippen LogP contribution is 2.49. The number of benzene rings is 1. The minimum atomic E-state index is 0.258. The molecular formula is C24H40O2. The van der Waals surface area contributed by atoms with Crippen molar-refractivity contribution in [3.8, 4) is 11.5 Å². The molecule has 1 aromatic rings. The number of aromatic hydroxyl groups is 2. The maximum Gasteiger partial charge on any atom is 0.125 e. The van der Waals surface area contributed by atoms with Crippen molar-refractivity contribution in [2.75, 3.05) is 0 Å². The molecule has 2 nitrogen and oxygen atoms in total. The van der Waals surface area contributed by atoms with Crippen LogP contribution in [-0.2, 0) is 12.8 Å². The average molecular weight is 361 g/mol. The van der Waals surface area contributed by atoms with Crippen molar-refractivity contribution >= 4 is 0 Å². The molecule has 2 heteroatoms. The fraction of sp³-hybridized carbons (Fsp3) is 0.750. The first kappa shape index (κ1) is 21.1. The summed E-state index contributed by atoms with van der Waals surface area (Å²) in [6.45, 7) is 9.26. The van der Waals surface area contributed by atoms with Crippen LogP contribution in [0.3, 0.4) is 0 Å². The molecule has 0 saturated heterocycles. The zero-order valence-electron chi connectivity index (χ0n) is 17.5. The first-order valence-electron chi connectivity index (χ1n) is 10.7. The molecule has 0 bridgehead atoms. The predicted molar refractivity (Wildman–Crippen MR) is 111 cm³/mol. The van der Waals surface area contributed by atoms with Crippen molar-refractivity contribution in [2.45, 2.75) is 105 Å². The largest absolute Gasteiger partial charge is 0.508 e. The van der Waals surface area contributed by atoms with E-state index in [1.807, 2.05) is 6.07 Å². The Morgan fingerprint density at radius 1 is 0.885 bits per heavy atom. The summed E-state index contributed by atoms with van der Waals surface area (Å²) >= 11 is 0. The molecule has 2 rings (SSSR count). The van der Waals surface area contributed by atoms with Gasteiger partial charge in [0.1, 0.15) is 11.5 Å². The lowest BCUT2D eigenvalue weighted by Gasteiger charge is -2.17. The predicted octanol–water partition coefficient (Wildman–Crippen LogP) is 7.15. The molecule has 0 atom stereocenters. The van der Waals surface area contributed by atoms with Crippen LogP contribution in [0.25, 0.3) is 0 Å². The Balaban J connectivity index is 1.74. The zero-order chi connectivity index (χ0) is 19.2. The number of rotatable bonds is 11. The first-order valence-corrected chi connectivity index (χ1v) is 10.7. The molecule has 26 heavy (non-hydrogen) atoms. The molecule has 0 aliphatic heterocycles. The van der Waals surface area contributed by atoms with Gasteiger partial charge >= 0.3 is 0 Å². The molecular weight excluding hydrogens is 320 g/mol. The van der Waals surface area contributed by atoms with Crippen LogP contribution in [0.15, 0.2) is 12.1 Å². The summed E-state index contributed by atoms with van der Waals surface area (Å²) in [5.74, 6) is 0.603. The fourth-order valence-corrected chi connectivity index (χ4v) is 3.76. The van der Waals surface area contributed by atoms with Gasteiger partial charge in [-0.05, 0) is 73.8 Å². The third-order valence-electron chi connectivity index (χ3n) is 6.03. The summed E-state index contributed by atoms with van der Waals surface area (Å²) in [6, 6.07) is 3.67. The van der Waals surface area contributed by atoms with Gasteiger partial charge in [-0.1, -0.05) is 59.4 Å². The molecule has 0 spiro atoms. The van der Waals surface area contributed by atoms with E-state index in [0.29, 0.717) is 16.6 Å². The number of phenolic OH excluding ortho intramolecular Hbond substituents is 2. The summed E-state index contributed by atoms with van der Waals surface area (Å²) in [5, 5.41) is 20.7. The molecule has 2 N–H and O–H groups in total. The molecule has 0 amide bonds. The molecule has 0 aromatic heterocycles. The van der Waals surface area contributed by atoms with Crippen LogP contribution < -0.4 is 0 Å². The Morgan fingerprint density at radius 3 is 2.19 bits per heavy atom. The van der Waals surface area contributed by atoms with Gasteiger partial charge in [0.2, 0.25) is 0 Å². The van der Waals surface area contributed by atoms with Gasteiger partial charge in [0.25, 0.3) is 0 Å². The SMILES string of the molecule is CC(C)(C)CCCCCCc1ccc(O)c(CCCCC2(C)CC2)c1O. The van der Waals surface area contributed by atoms with Crippen LogP contribution >= 0.6 is 0 Å². The van der Waals surface area contributed by atoms with Gasteiger partial charge in [-0.2, -0.15) is 0 Å². The second-order valence-corrected chi connectivity index (χ2v) is 10.1. The van der Waals surface area contributed by atoms with E-state index in [4.69, 9.17) is 0 Å². The Labute approximate surface area is 161 Å². The third kappa shape index (κ3) is 7.21. The maximum absolute atomic E-state index is 10.6. The quantitative estimate of drug-likeness (QED) is 0.411. The van der Waals surface area contributed by atoms with E-state index < -0.39 is 0 Å². The summed E-state index contributed by atoms with van der Waals surface area (Å²) in [4.78, 5) is 0. The molecule has 0 unspecified atom stereocenters. The van der Waals surface area contributed by atoms with Crippen molar-refractivity contribution in [1.82, 2.24) is 0 Å². The van der Waals surface area contributed by atoms with Gasteiger partial charge < -0.3 is 10.2 Å². The third-order valence-corrected chi connectivity index (χ3v) is 6.03. The van der Waals surface area contributed by atoms with E-state index >= 15 is 0 Å². The second kappa shape index (κ2) is 9.15. The van der Waals surface area contributed by atoms with Crippen LogP contribution in [0.2, 0.25) is 0 Å². The summed E-state index contributed by atoms with van der Waals surface area (Å²) in [7, 11) is 0. The van der Waals surface area contributed by atoms with Crippen LogP contribution in [0.5, 0.6) is 11.5 Å². The molecule has 1 aromatic carbocycles. The molecule has 0 radical (unpaired) electrons. The average Bonchev–Trinajstić information content (AvgIpc) is 3.28. The summed E-state index contributed by atoms with van der Waals surface area (Å²) in [5.41, 5.74) is 2.79. The van der Waals surface area contributed by atoms with Gasteiger partial charge in [0.05, 0.1) is 0 Å². The van der Waals surface area contributed by atoms with E-state index in [9.17, 15) is 10.2 Å². The Kier molecular flexibility index (Phi) is 7.43. The van der Waals surface area contributed by atoms with Gasteiger partial charge in [0, 0.05) is 5.56 Å². The monoisotopic (exact) mass is 360 g/mol. The van der Waals surface area contributed by atoms with Crippen LogP contribution in [0.1, 0.15) is 103 Å². The second-order valence-electron chi connectivity index (χ2n) is 10.1. The van der Waals surface area contributed by atoms with Crippen molar-refractivity contribution in [3.63, 3.8) is 0 Å². The maximum atomic E-state index is 10.6. The first-order chi connectivity index (χ1) is 12.2. The van der Waals surface area contributed by atoms with Gasteiger partial charge in [-0.3, -0.25) is 0 Å². The Bertz CT molecular complexity index is 564. The smallest absolute Gasteiger partial charge is 0.125 e. The highest BCUT2D eigenvalue weighted by Gasteiger charge is 2.35. The highest BCUT2D eigenvalue weighted by atomic mass is 16.3. The number of hydrogen-bond acceptors (Lipinski definition) is 2.